The fourth-order valence-corrected chi connectivity index (χ4v) is 14.4. The van der Waals surface area contributed by atoms with Gasteiger partial charge in [0.15, 0.2) is 5.78 Å². The second-order valence-electron chi connectivity index (χ2n) is 12.6. The van der Waals surface area contributed by atoms with E-state index in [-0.39, 0.29) is 87.8 Å². The lowest BCUT2D eigenvalue weighted by atomic mass is 10.0. The molecule has 328 valence electrons. The minimum atomic E-state index is -1.31. The fraction of sp³-hybridized carbons (Fsp3) is 0.471. The number of ether oxygens (including phenoxy) is 1. The Labute approximate surface area is 421 Å². The van der Waals surface area contributed by atoms with Crippen LogP contribution in [-0.2, 0) is 14.3 Å². The third-order valence-electron chi connectivity index (χ3n) is 8.08. The summed E-state index contributed by atoms with van der Waals surface area (Å²) in [6, 6.07) is 0. The molecule has 0 aliphatic carbocycles. The topological polar surface area (TPSA) is 279 Å². The molecule has 3 atom stereocenters. The second-order valence-corrected chi connectivity index (χ2v) is 19.1. The number of likely N-dealkylation sites (N-methyl/N-ethyl adjacent to an activating group) is 3. The standard InChI is InChI=1S/C34H42I6N6O13/c1-41-6-19(55)46(9-17(53)20-24(35)21(32(56)42-5-14(50)10-47)27(38)30(26(20)37)43-18(54)13-59-4)31-28(39)22(33(57)44(2)7-15(51)11-48)25(36)23(29(31)40)34(58)45(3)8-16(52)12-49/h14-16,41,47-52H,5-13H2,1-4H3,(H,42,56)(H,43,54). The van der Waals surface area contributed by atoms with Gasteiger partial charge in [-0.25, -0.2) is 0 Å². The number of Topliss-reactive ketones (excluding diaryl/α,β-unsaturated/α-hetero) is 1. The van der Waals surface area contributed by atoms with Crippen molar-refractivity contribution in [3.63, 3.8) is 0 Å². The molecule has 0 heterocycles. The Morgan fingerprint density at radius 3 is 1.58 bits per heavy atom. The van der Waals surface area contributed by atoms with Gasteiger partial charge in [0.25, 0.3) is 17.7 Å². The maximum absolute atomic E-state index is 14.8. The number of amides is 5. The summed E-state index contributed by atoms with van der Waals surface area (Å²) in [6.45, 7) is -4.33. The average molecular weight is 1500 g/mol. The number of benzene rings is 2. The van der Waals surface area contributed by atoms with E-state index in [1.807, 2.05) is 113 Å². The van der Waals surface area contributed by atoms with Crippen molar-refractivity contribution >= 4 is 182 Å². The number of hydrogen-bond acceptors (Lipinski definition) is 14. The maximum atomic E-state index is 14.8. The van der Waals surface area contributed by atoms with Crippen LogP contribution in [0.5, 0.6) is 0 Å². The molecule has 0 spiro atoms. The minimum absolute atomic E-state index is 0.0146. The lowest BCUT2D eigenvalue weighted by molar-refractivity contribution is -0.119. The summed E-state index contributed by atoms with van der Waals surface area (Å²) in [4.78, 5) is 87.0. The fourth-order valence-electron chi connectivity index (χ4n) is 5.21. The van der Waals surface area contributed by atoms with E-state index in [0.29, 0.717) is 0 Å². The molecule has 0 saturated heterocycles. The van der Waals surface area contributed by atoms with E-state index in [1.165, 1.54) is 28.3 Å². The first-order valence-corrected chi connectivity index (χ1v) is 23.5. The van der Waals surface area contributed by atoms with Gasteiger partial charge in [-0.2, -0.15) is 0 Å². The van der Waals surface area contributed by atoms with Crippen molar-refractivity contribution in [3.8, 4) is 0 Å². The van der Waals surface area contributed by atoms with E-state index in [2.05, 4.69) is 16.0 Å². The van der Waals surface area contributed by atoms with Gasteiger partial charge in [-0.05, 0) is 143 Å². The number of hydrogen-bond donors (Lipinski definition) is 9. The number of ketones is 1. The van der Waals surface area contributed by atoms with Gasteiger partial charge in [-0.1, -0.05) is 0 Å². The number of anilines is 2. The van der Waals surface area contributed by atoms with Crippen LogP contribution in [0.3, 0.4) is 0 Å². The zero-order valence-corrected chi connectivity index (χ0v) is 44.7. The van der Waals surface area contributed by atoms with Crippen molar-refractivity contribution in [1.29, 1.82) is 0 Å². The average Bonchev–Trinajstić information content (AvgIpc) is 3.17. The Hall–Kier alpha value is -0.480. The number of methoxy groups -OCH3 is 1. The molecule has 25 heteroatoms. The second kappa shape index (κ2) is 25.7. The smallest absolute Gasteiger partial charge is 0.255 e. The van der Waals surface area contributed by atoms with Crippen LogP contribution in [0, 0.1) is 21.4 Å². The summed E-state index contributed by atoms with van der Waals surface area (Å²) in [5.74, 6) is -4.18. The molecular weight excluding hydrogens is 1460 g/mol. The highest BCUT2D eigenvalue weighted by Crippen LogP contribution is 2.41. The normalized spacial score (nSPS) is 12.7. The van der Waals surface area contributed by atoms with Crippen LogP contribution in [0.25, 0.3) is 0 Å². The number of halogens is 6. The number of nitrogens with one attached hydrogen (secondary N) is 3. The Bertz CT molecular complexity index is 1870. The molecule has 2 aromatic carbocycles. The molecule has 0 saturated carbocycles. The number of carbonyl (C=O) groups excluding carboxylic acids is 6. The zero-order chi connectivity index (χ0) is 45.0. The highest BCUT2D eigenvalue weighted by Gasteiger charge is 2.36. The van der Waals surface area contributed by atoms with Crippen LogP contribution in [-0.4, -0.2) is 181 Å². The van der Waals surface area contributed by atoms with Gasteiger partial charge < -0.3 is 66.0 Å². The predicted octanol–water partition coefficient (Wildman–Crippen LogP) is 0.268. The van der Waals surface area contributed by atoms with Gasteiger partial charge in [0.1, 0.15) is 6.61 Å². The molecule has 19 nitrogen and oxygen atoms in total. The Morgan fingerprint density at radius 1 is 0.678 bits per heavy atom. The van der Waals surface area contributed by atoms with Crippen LogP contribution in [0.2, 0.25) is 0 Å². The van der Waals surface area contributed by atoms with Gasteiger partial charge in [0, 0.05) is 57.1 Å². The molecule has 0 aromatic heterocycles. The summed E-state index contributed by atoms with van der Waals surface area (Å²) in [7, 11) is 5.53. The molecule has 2 aromatic rings. The SMILES string of the molecule is CNCC(=O)N(CC(=O)c1c(I)c(NC(=O)COC)c(I)c(C(=O)NCC(O)CO)c1I)c1c(I)c(C(=O)N(C)CC(O)CO)c(I)c(C(=O)N(C)CC(O)CO)c1I. The van der Waals surface area contributed by atoms with E-state index in [1.54, 1.807) is 22.6 Å². The summed E-state index contributed by atoms with van der Waals surface area (Å²) < 4.78 is 5.92. The molecule has 59 heavy (non-hydrogen) atoms. The molecule has 0 radical (unpaired) electrons. The van der Waals surface area contributed by atoms with Crippen molar-refractivity contribution < 1.29 is 64.1 Å². The highest BCUT2D eigenvalue weighted by molar-refractivity contribution is 14.1. The molecule has 9 N–H and O–H groups in total. The van der Waals surface area contributed by atoms with E-state index in [0.717, 1.165) is 14.7 Å². The Morgan fingerprint density at radius 2 is 1.14 bits per heavy atom. The maximum Gasteiger partial charge on any atom is 0.255 e. The summed E-state index contributed by atoms with van der Waals surface area (Å²) in [5, 5.41) is 66.4. The third kappa shape index (κ3) is 14.0. The molecule has 2 rings (SSSR count). The van der Waals surface area contributed by atoms with Crippen LogP contribution in [0.15, 0.2) is 0 Å². The van der Waals surface area contributed by atoms with Crippen molar-refractivity contribution in [1.82, 2.24) is 20.4 Å². The summed E-state index contributed by atoms with van der Waals surface area (Å²) >= 11 is 11.0. The summed E-state index contributed by atoms with van der Waals surface area (Å²) in [6.07, 6.45) is -3.91. The molecule has 5 amide bonds. The van der Waals surface area contributed by atoms with Crippen LogP contribution in [0.4, 0.5) is 11.4 Å². The van der Waals surface area contributed by atoms with Gasteiger partial charge in [0.05, 0.1) is 90.0 Å². The van der Waals surface area contributed by atoms with E-state index >= 15 is 0 Å². The number of nitrogens with zero attached hydrogens (tertiary/aromatic N) is 3. The van der Waals surface area contributed by atoms with Crippen molar-refractivity contribution in [2.24, 2.45) is 0 Å². The van der Waals surface area contributed by atoms with Gasteiger partial charge >= 0.3 is 0 Å². The lowest BCUT2D eigenvalue weighted by Crippen LogP contribution is -2.43. The lowest BCUT2D eigenvalue weighted by Gasteiger charge is -2.30. The summed E-state index contributed by atoms with van der Waals surface area (Å²) in [5.41, 5.74) is -0.213. The van der Waals surface area contributed by atoms with Gasteiger partial charge in [0.2, 0.25) is 11.8 Å². The number of aliphatic hydroxyl groups is 6. The van der Waals surface area contributed by atoms with Crippen LogP contribution < -0.4 is 20.9 Å². The number of carbonyl (C=O) groups is 6. The highest BCUT2D eigenvalue weighted by atomic mass is 127. The number of aliphatic hydroxyl groups excluding tert-OH is 6. The molecule has 3 unspecified atom stereocenters. The molecule has 0 fully saturated rings. The zero-order valence-electron chi connectivity index (χ0n) is 31.7. The Kier molecular flexibility index (Phi) is 23.8. The quantitative estimate of drug-likeness (QED) is 0.0600. The third-order valence-corrected chi connectivity index (χ3v) is 14.5. The predicted molar refractivity (Wildman–Crippen MR) is 266 cm³/mol. The van der Waals surface area contributed by atoms with E-state index in [4.69, 9.17) is 4.74 Å². The molecular formula is C34H42I6N6O13. The van der Waals surface area contributed by atoms with E-state index in [9.17, 15) is 59.4 Å². The first kappa shape index (κ1) is 54.7. The van der Waals surface area contributed by atoms with Crippen molar-refractivity contribution in [2.45, 2.75) is 18.3 Å². The van der Waals surface area contributed by atoms with Crippen molar-refractivity contribution in [2.75, 3.05) is 97.6 Å². The largest absolute Gasteiger partial charge is 0.394 e. The molecule has 0 aliphatic heterocycles. The first-order chi connectivity index (χ1) is 27.6. The Balaban J connectivity index is 3.06. The molecule has 0 bridgehead atoms. The van der Waals surface area contributed by atoms with E-state index < -0.39 is 80.0 Å². The van der Waals surface area contributed by atoms with Crippen LogP contribution in [0.1, 0.15) is 41.4 Å². The first-order valence-electron chi connectivity index (χ1n) is 17.0. The molecule has 0 aliphatic rings. The van der Waals surface area contributed by atoms with Crippen LogP contribution >= 0.6 is 136 Å². The van der Waals surface area contributed by atoms with Crippen molar-refractivity contribution in [3.05, 3.63) is 43.7 Å². The monoisotopic (exact) mass is 1500 g/mol. The number of rotatable bonds is 21. The van der Waals surface area contributed by atoms with Gasteiger partial charge in [-0.15, -0.1) is 0 Å². The minimum Gasteiger partial charge on any atom is -0.394 e. The van der Waals surface area contributed by atoms with Gasteiger partial charge in [-0.3, -0.25) is 28.8 Å².